The first-order chi connectivity index (χ1) is 8.40. The predicted molar refractivity (Wildman–Crippen MR) is 75.9 cm³/mol. The van der Waals surface area contributed by atoms with Gasteiger partial charge in [0.1, 0.15) is 6.61 Å². The molecule has 1 aromatic heterocycles. The summed E-state index contributed by atoms with van der Waals surface area (Å²) in [6.45, 7) is 0.501. The minimum Gasteiger partial charge on any atom is -0.391 e. The van der Waals surface area contributed by atoms with Crippen molar-refractivity contribution in [3.63, 3.8) is 0 Å². The maximum atomic E-state index is 5.36. The minimum atomic E-state index is 0.501. The van der Waals surface area contributed by atoms with E-state index in [1.165, 1.54) is 0 Å². The Morgan fingerprint density at radius 1 is 1.24 bits per heavy atom. The second-order valence-electron chi connectivity index (χ2n) is 3.44. The summed E-state index contributed by atoms with van der Waals surface area (Å²) in [5.74, 6) is 0. The molecule has 0 aliphatic heterocycles. The number of thiophene rings is 1. The molecular weight excluding hydrogens is 298 g/mol. The molecule has 0 fully saturated rings. The number of nitrogens with zero attached hydrogens (tertiary/aromatic N) is 1. The first-order valence-corrected chi connectivity index (χ1v) is 7.28. The molecule has 2 nitrogen and oxygen atoms in total. The lowest BCUT2D eigenvalue weighted by molar-refractivity contribution is 0.130. The minimum absolute atomic E-state index is 0.501. The van der Waals surface area contributed by atoms with E-state index in [0.29, 0.717) is 11.9 Å². The summed E-state index contributed by atoms with van der Waals surface area (Å²) in [6.07, 6.45) is 0. The summed E-state index contributed by atoms with van der Waals surface area (Å²) in [6, 6.07) is 12.1. The molecule has 0 atom stereocenters. The van der Waals surface area contributed by atoms with Gasteiger partial charge in [0.2, 0.25) is 0 Å². The Bertz CT molecular complexity index is 467. The third-order valence-corrected chi connectivity index (χ3v) is 3.44. The lowest BCUT2D eigenvalue weighted by Crippen LogP contribution is -2.02. The van der Waals surface area contributed by atoms with Gasteiger partial charge in [-0.1, -0.05) is 51.4 Å². The number of oxime groups is 1. The summed E-state index contributed by atoms with van der Waals surface area (Å²) in [4.78, 5) is 5.36. The molecule has 0 radical (unpaired) electrons. The topological polar surface area (TPSA) is 21.6 Å². The van der Waals surface area contributed by atoms with E-state index in [1.807, 2.05) is 41.8 Å². The number of rotatable bonds is 5. The van der Waals surface area contributed by atoms with Gasteiger partial charge in [0.15, 0.2) is 0 Å². The normalized spacial score (nSPS) is 11.5. The van der Waals surface area contributed by atoms with Crippen molar-refractivity contribution in [1.29, 1.82) is 0 Å². The monoisotopic (exact) mass is 309 g/mol. The molecule has 0 bridgehead atoms. The van der Waals surface area contributed by atoms with E-state index in [1.54, 1.807) is 11.3 Å². The molecule has 0 N–H and O–H groups in total. The highest BCUT2D eigenvalue weighted by Crippen LogP contribution is 2.10. The van der Waals surface area contributed by atoms with Crippen molar-refractivity contribution in [3.8, 4) is 0 Å². The van der Waals surface area contributed by atoms with Gasteiger partial charge < -0.3 is 4.84 Å². The Kier molecular flexibility index (Phi) is 4.76. The fourth-order valence-corrected chi connectivity index (χ4v) is 2.43. The van der Waals surface area contributed by atoms with Gasteiger partial charge in [-0.25, -0.2) is 0 Å². The predicted octanol–water partition coefficient (Wildman–Crippen LogP) is 4.06. The summed E-state index contributed by atoms with van der Waals surface area (Å²) < 4.78 is 0. The highest BCUT2D eigenvalue weighted by molar-refractivity contribution is 9.09. The molecule has 2 rings (SSSR count). The molecule has 2 aromatic rings. The van der Waals surface area contributed by atoms with Crippen molar-refractivity contribution in [2.75, 3.05) is 5.33 Å². The molecule has 0 aliphatic carbocycles. The number of halogens is 1. The van der Waals surface area contributed by atoms with Crippen molar-refractivity contribution < 1.29 is 4.84 Å². The van der Waals surface area contributed by atoms with Crippen LogP contribution in [0.4, 0.5) is 0 Å². The van der Waals surface area contributed by atoms with Crippen LogP contribution in [0.25, 0.3) is 0 Å². The molecule has 0 unspecified atom stereocenters. The third-order valence-electron chi connectivity index (χ3n) is 2.23. The van der Waals surface area contributed by atoms with Gasteiger partial charge in [0, 0.05) is 10.9 Å². The van der Waals surface area contributed by atoms with Gasteiger partial charge in [-0.05, 0) is 22.4 Å². The molecule has 1 aromatic carbocycles. The van der Waals surface area contributed by atoms with E-state index < -0.39 is 0 Å². The first kappa shape index (κ1) is 12.3. The molecule has 88 valence electrons. The zero-order valence-corrected chi connectivity index (χ0v) is 11.6. The standard InChI is InChI=1S/C13H12BrNOS/c14-8-13(12-6-7-17-10-12)15-16-9-11-4-2-1-3-5-11/h1-7,10H,8-9H2/b15-13-. The van der Waals surface area contributed by atoms with Crippen LogP contribution < -0.4 is 0 Å². The quantitative estimate of drug-likeness (QED) is 0.463. The lowest BCUT2D eigenvalue weighted by Gasteiger charge is -2.02. The zero-order chi connectivity index (χ0) is 11.9. The van der Waals surface area contributed by atoms with E-state index in [4.69, 9.17) is 4.84 Å². The van der Waals surface area contributed by atoms with Gasteiger partial charge in [-0.15, -0.1) is 0 Å². The number of alkyl halides is 1. The smallest absolute Gasteiger partial charge is 0.142 e. The summed E-state index contributed by atoms with van der Waals surface area (Å²) >= 11 is 5.07. The molecule has 0 spiro atoms. The van der Waals surface area contributed by atoms with Crippen LogP contribution in [-0.2, 0) is 11.4 Å². The summed E-state index contributed by atoms with van der Waals surface area (Å²) in [7, 11) is 0. The van der Waals surface area contributed by atoms with E-state index in [-0.39, 0.29) is 0 Å². The molecule has 0 saturated heterocycles. The highest BCUT2D eigenvalue weighted by Gasteiger charge is 2.02. The van der Waals surface area contributed by atoms with Crippen LogP contribution in [0.15, 0.2) is 52.3 Å². The van der Waals surface area contributed by atoms with Crippen LogP contribution in [0.2, 0.25) is 0 Å². The van der Waals surface area contributed by atoms with Gasteiger partial charge >= 0.3 is 0 Å². The Hall–Kier alpha value is -1.13. The van der Waals surface area contributed by atoms with Crippen LogP contribution in [0.3, 0.4) is 0 Å². The molecule has 1 heterocycles. The fourth-order valence-electron chi connectivity index (χ4n) is 1.34. The van der Waals surface area contributed by atoms with Crippen LogP contribution in [0.5, 0.6) is 0 Å². The second-order valence-corrected chi connectivity index (χ2v) is 4.78. The van der Waals surface area contributed by atoms with E-state index in [0.717, 1.165) is 16.8 Å². The number of hydrogen-bond donors (Lipinski definition) is 0. The maximum absolute atomic E-state index is 5.36. The second kappa shape index (κ2) is 6.57. The fraction of sp³-hybridized carbons (Fsp3) is 0.154. The Labute approximate surface area is 113 Å². The van der Waals surface area contributed by atoms with Gasteiger partial charge in [-0.2, -0.15) is 11.3 Å². The van der Waals surface area contributed by atoms with Crippen LogP contribution in [0, 0.1) is 0 Å². The Balaban J connectivity index is 1.95. The van der Waals surface area contributed by atoms with E-state index in [2.05, 4.69) is 26.5 Å². The number of benzene rings is 1. The van der Waals surface area contributed by atoms with Crippen LogP contribution in [0.1, 0.15) is 11.1 Å². The SMILES string of the molecule is BrC/C(=N/OCc1ccccc1)c1ccsc1. The zero-order valence-electron chi connectivity index (χ0n) is 9.17. The van der Waals surface area contributed by atoms with Crippen molar-refractivity contribution >= 4 is 33.0 Å². The Morgan fingerprint density at radius 2 is 2.06 bits per heavy atom. The molecule has 0 saturated carbocycles. The molecule has 17 heavy (non-hydrogen) atoms. The van der Waals surface area contributed by atoms with E-state index >= 15 is 0 Å². The third kappa shape index (κ3) is 3.68. The molecule has 0 aliphatic rings. The maximum Gasteiger partial charge on any atom is 0.142 e. The van der Waals surface area contributed by atoms with Gasteiger partial charge in [0.05, 0.1) is 5.71 Å². The van der Waals surface area contributed by atoms with E-state index in [9.17, 15) is 0 Å². The molecular formula is C13H12BrNOS. The van der Waals surface area contributed by atoms with Gasteiger partial charge in [-0.3, -0.25) is 0 Å². The summed E-state index contributed by atoms with van der Waals surface area (Å²) in [5, 5.41) is 8.94. The van der Waals surface area contributed by atoms with Crippen molar-refractivity contribution in [3.05, 3.63) is 58.3 Å². The lowest BCUT2D eigenvalue weighted by atomic mass is 10.2. The van der Waals surface area contributed by atoms with Crippen molar-refractivity contribution in [2.45, 2.75) is 6.61 Å². The molecule has 4 heteroatoms. The summed E-state index contributed by atoms with van der Waals surface area (Å²) in [5.41, 5.74) is 3.15. The van der Waals surface area contributed by atoms with Gasteiger partial charge in [0.25, 0.3) is 0 Å². The number of hydrogen-bond acceptors (Lipinski definition) is 3. The Morgan fingerprint density at radius 3 is 2.71 bits per heavy atom. The highest BCUT2D eigenvalue weighted by atomic mass is 79.9. The van der Waals surface area contributed by atoms with Crippen LogP contribution in [-0.4, -0.2) is 11.0 Å². The van der Waals surface area contributed by atoms with Crippen LogP contribution >= 0.6 is 27.3 Å². The first-order valence-electron chi connectivity index (χ1n) is 5.21. The average molecular weight is 310 g/mol. The average Bonchev–Trinajstić information content (AvgIpc) is 2.90. The van der Waals surface area contributed by atoms with Crippen molar-refractivity contribution in [1.82, 2.24) is 0 Å². The largest absolute Gasteiger partial charge is 0.391 e. The van der Waals surface area contributed by atoms with Crippen molar-refractivity contribution in [2.24, 2.45) is 5.16 Å². The molecule has 0 amide bonds.